The first-order chi connectivity index (χ1) is 6.27. The van der Waals surface area contributed by atoms with Crippen molar-refractivity contribution < 1.29 is 0 Å². The highest BCUT2D eigenvalue weighted by atomic mass is 15.0. The topological polar surface area (TPSA) is 17.8 Å². The average molecular weight is 173 g/mol. The Balaban J connectivity index is 2.46. The van der Waals surface area contributed by atoms with Crippen LogP contribution >= 0.6 is 0 Å². The lowest BCUT2D eigenvalue weighted by atomic mass is 10.2. The third-order valence-corrected chi connectivity index (χ3v) is 2.01. The molecule has 1 radical (unpaired) electrons. The molecule has 0 unspecified atom stereocenters. The maximum atomic E-state index is 4.32. The van der Waals surface area contributed by atoms with Gasteiger partial charge in [0.05, 0.1) is 17.4 Å². The molecular weight excluding hydrogens is 160 g/mol. The summed E-state index contributed by atoms with van der Waals surface area (Å²) in [4.78, 5) is 4.32. The summed E-state index contributed by atoms with van der Waals surface area (Å²) in [6.45, 7) is 5.23. The number of aromatic nitrogens is 2. The number of imidazole rings is 1. The van der Waals surface area contributed by atoms with Crippen molar-refractivity contribution in [1.29, 1.82) is 0 Å². The van der Waals surface area contributed by atoms with Gasteiger partial charge in [0, 0.05) is 6.54 Å². The Morgan fingerprint density at radius 3 is 2.85 bits per heavy atom. The van der Waals surface area contributed by atoms with E-state index < -0.39 is 0 Å². The smallest absolute Gasteiger partial charge is 0.0958 e. The molecule has 1 aromatic heterocycles. The molecule has 2 rings (SSSR count). The van der Waals surface area contributed by atoms with E-state index in [0.29, 0.717) is 0 Å². The van der Waals surface area contributed by atoms with E-state index in [9.17, 15) is 0 Å². The van der Waals surface area contributed by atoms with Crippen molar-refractivity contribution in [3.8, 4) is 0 Å². The lowest BCUT2D eigenvalue weighted by Crippen LogP contribution is -2.00. The molecule has 0 amide bonds. The number of nitrogens with zero attached hydrogens (tertiary/aromatic N) is 2. The zero-order valence-corrected chi connectivity index (χ0v) is 7.99. The number of hydrogen-bond donors (Lipinski definition) is 0. The number of benzene rings is 1. The Bertz CT molecular complexity index is 401. The summed E-state index contributed by atoms with van der Waals surface area (Å²) in [6.07, 6.45) is 1.90. The molecule has 2 aromatic rings. The van der Waals surface area contributed by atoms with Crippen LogP contribution in [-0.4, -0.2) is 9.55 Å². The van der Waals surface area contributed by atoms with Crippen LogP contribution < -0.4 is 0 Å². The molecule has 1 heterocycles. The van der Waals surface area contributed by atoms with Gasteiger partial charge < -0.3 is 4.57 Å². The molecule has 1 aromatic carbocycles. The molecule has 0 bridgehead atoms. The second-order valence-corrected chi connectivity index (χ2v) is 3.57. The Hall–Kier alpha value is -1.31. The van der Waals surface area contributed by atoms with Crippen LogP contribution in [0.3, 0.4) is 0 Å². The molecule has 0 aliphatic heterocycles. The number of rotatable bonds is 2. The fraction of sp³-hybridized carbons (Fsp3) is 0.273. The zero-order chi connectivity index (χ0) is 9.26. The molecular formula is C11H13N2. The van der Waals surface area contributed by atoms with E-state index in [0.717, 1.165) is 12.1 Å². The van der Waals surface area contributed by atoms with E-state index in [1.54, 1.807) is 0 Å². The Morgan fingerprint density at radius 2 is 2.08 bits per heavy atom. The van der Waals surface area contributed by atoms with Crippen LogP contribution in [0.2, 0.25) is 0 Å². The number of fused-ring (bicyclic) bond motifs is 1. The molecule has 0 aliphatic rings. The first-order valence-electron chi connectivity index (χ1n) is 4.46. The van der Waals surface area contributed by atoms with Gasteiger partial charge in [-0.05, 0) is 18.1 Å². The minimum Gasteiger partial charge on any atom is -0.330 e. The standard InChI is InChI=1S/C11H13N2/c1-9(2)7-13-8-12-10-5-3-4-6-11(10)13/h3-6,8H,7H2,1-2H3. The molecule has 0 spiro atoms. The summed E-state index contributed by atoms with van der Waals surface area (Å²) in [6, 6.07) is 8.20. The SMILES string of the molecule is C[C](C)Cn1cnc2ccccc21. The maximum Gasteiger partial charge on any atom is 0.0958 e. The fourth-order valence-corrected chi connectivity index (χ4v) is 1.48. The van der Waals surface area contributed by atoms with Gasteiger partial charge in [0.15, 0.2) is 0 Å². The predicted octanol–water partition coefficient (Wildman–Crippen LogP) is 2.65. The molecule has 0 N–H and O–H groups in total. The zero-order valence-electron chi connectivity index (χ0n) is 7.99. The van der Waals surface area contributed by atoms with Gasteiger partial charge in [-0.15, -0.1) is 0 Å². The van der Waals surface area contributed by atoms with E-state index in [1.807, 2.05) is 24.5 Å². The first kappa shape index (κ1) is 8.30. The molecule has 0 saturated heterocycles. The largest absolute Gasteiger partial charge is 0.330 e. The van der Waals surface area contributed by atoms with Gasteiger partial charge in [-0.2, -0.15) is 0 Å². The minimum absolute atomic E-state index is 0.959. The Morgan fingerprint density at radius 1 is 1.31 bits per heavy atom. The average Bonchev–Trinajstić information content (AvgIpc) is 2.48. The highest BCUT2D eigenvalue weighted by Crippen LogP contribution is 2.13. The van der Waals surface area contributed by atoms with Gasteiger partial charge in [0.25, 0.3) is 0 Å². The highest BCUT2D eigenvalue weighted by molar-refractivity contribution is 5.74. The number of para-hydroxylation sites is 2. The second kappa shape index (κ2) is 3.21. The van der Waals surface area contributed by atoms with Crippen molar-refractivity contribution in [3.05, 3.63) is 36.5 Å². The Labute approximate surface area is 78.2 Å². The summed E-state index contributed by atoms with van der Waals surface area (Å²) in [5.74, 6) is 1.39. The van der Waals surface area contributed by atoms with Crippen LogP contribution in [0.25, 0.3) is 11.0 Å². The van der Waals surface area contributed by atoms with E-state index in [-0.39, 0.29) is 0 Å². The second-order valence-electron chi connectivity index (χ2n) is 3.57. The summed E-state index contributed by atoms with van der Waals surface area (Å²) in [5.41, 5.74) is 2.28. The van der Waals surface area contributed by atoms with Crippen LogP contribution in [0.1, 0.15) is 13.8 Å². The minimum atomic E-state index is 0.959. The van der Waals surface area contributed by atoms with Crippen LogP contribution in [-0.2, 0) is 6.54 Å². The van der Waals surface area contributed by atoms with Gasteiger partial charge in [-0.1, -0.05) is 26.0 Å². The van der Waals surface area contributed by atoms with Crippen molar-refractivity contribution in [2.75, 3.05) is 0 Å². The van der Waals surface area contributed by atoms with E-state index >= 15 is 0 Å². The normalized spacial score (nSPS) is 11.3. The molecule has 13 heavy (non-hydrogen) atoms. The predicted molar refractivity (Wildman–Crippen MR) is 54.3 cm³/mol. The monoisotopic (exact) mass is 173 g/mol. The van der Waals surface area contributed by atoms with E-state index in [4.69, 9.17) is 0 Å². The summed E-state index contributed by atoms with van der Waals surface area (Å²) < 4.78 is 2.17. The molecule has 0 aliphatic carbocycles. The third kappa shape index (κ3) is 1.57. The van der Waals surface area contributed by atoms with E-state index in [1.165, 1.54) is 11.4 Å². The molecule has 0 saturated carbocycles. The van der Waals surface area contributed by atoms with Crippen LogP contribution in [0.5, 0.6) is 0 Å². The molecule has 67 valence electrons. The van der Waals surface area contributed by atoms with Crippen molar-refractivity contribution in [3.63, 3.8) is 0 Å². The molecule has 2 nitrogen and oxygen atoms in total. The van der Waals surface area contributed by atoms with Gasteiger partial charge in [0.2, 0.25) is 0 Å². The fourth-order valence-electron chi connectivity index (χ4n) is 1.48. The lowest BCUT2D eigenvalue weighted by molar-refractivity contribution is 0.731. The lowest BCUT2D eigenvalue weighted by Gasteiger charge is -2.05. The van der Waals surface area contributed by atoms with Crippen LogP contribution in [0, 0.1) is 5.92 Å². The van der Waals surface area contributed by atoms with Crippen LogP contribution in [0.4, 0.5) is 0 Å². The van der Waals surface area contributed by atoms with Crippen molar-refractivity contribution >= 4 is 11.0 Å². The van der Waals surface area contributed by atoms with Crippen molar-refractivity contribution in [2.45, 2.75) is 20.4 Å². The molecule has 0 fully saturated rings. The quantitative estimate of drug-likeness (QED) is 0.682. The molecule has 2 heteroatoms. The number of hydrogen-bond acceptors (Lipinski definition) is 1. The van der Waals surface area contributed by atoms with Crippen LogP contribution in [0.15, 0.2) is 30.6 Å². The Kier molecular flexibility index (Phi) is 2.05. The summed E-state index contributed by atoms with van der Waals surface area (Å²) >= 11 is 0. The van der Waals surface area contributed by atoms with Gasteiger partial charge in [-0.3, -0.25) is 0 Å². The van der Waals surface area contributed by atoms with Crippen molar-refractivity contribution in [2.24, 2.45) is 0 Å². The van der Waals surface area contributed by atoms with Gasteiger partial charge in [0.1, 0.15) is 0 Å². The van der Waals surface area contributed by atoms with Gasteiger partial charge in [-0.25, -0.2) is 4.98 Å². The summed E-state index contributed by atoms with van der Waals surface area (Å²) in [5, 5.41) is 0. The first-order valence-corrected chi connectivity index (χ1v) is 4.46. The maximum absolute atomic E-state index is 4.32. The molecule has 0 atom stereocenters. The van der Waals surface area contributed by atoms with E-state index in [2.05, 4.69) is 29.5 Å². The van der Waals surface area contributed by atoms with Gasteiger partial charge >= 0.3 is 0 Å². The van der Waals surface area contributed by atoms with Crippen molar-refractivity contribution in [1.82, 2.24) is 9.55 Å². The third-order valence-electron chi connectivity index (χ3n) is 2.01. The summed E-state index contributed by atoms with van der Waals surface area (Å²) in [7, 11) is 0. The highest BCUT2D eigenvalue weighted by Gasteiger charge is 2.02.